The van der Waals surface area contributed by atoms with Gasteiger partial charge >= 0.3 is 0 Å². The van der Waals surface area contributed by atoms with E-state index in [1.807, 2.05) is 0 Å². The molecule has 1 amide bonds. The Morgan fingerprint density at radius 2 is 2.21 bits per heavy atom. The first-order chi connectivity index (χ1) is 9.04. The molecule has 0 aliphatic carbocycles. The highest BCUT2D eigenvalue weighted by Crippen LogP contribution is 2.29. The number of carbonyl (C=O) groups excluding carboxylic acids is 1. The van der Waals surface area contributed by atoms with Crippen molar-refractivity contribution in [3.8, 4) is 0 Å². The van der Waals surface area contributed by atoms with Crippen LogP contribution in [0, 0.1) is 12.8 Å². The molecule has 0 spiro atoms. The molecule has 1 saturated heterocycles. The SMILES string of the molecule is Cc1[nH]c(C(=O)N[C@@H]2CCNC[C@@H]2CO)c(Cl)c1Cl. The molecule has 0 unspecified atom stereocenters. The summed E-state index contributed by atoms with van der Waals surface area (Å²) in [6.07, 6.45) is 0.780. The molecule has 19 heavy (non-hydrogen) atoms. The van der Waals surface area contributed by atoms with Crippen molar-refractivity contribution in [2.24, 2.45) is 5.92 Å². The number of amides is 1. The number of hydrogen-bond acceptors (Lipinski definition) is 3. The van der Waals surface area contributed by atoms with Gasteiger partial charge in [-0.3, -0.25) is 4.79 Å². The summed E-state index contributed by atoms with van der Waals surface area (Å²) in [5.74, 6) is -0.270. The molecule has 4 N–H and O–H groups in total. The second-order valence-electron chi connectivity index (χ2n) is 4.77. The Balaban J connectivity index is 2.09. The number of hydrogen-bond donors (Lipinski definition) is 4. The second kappa shape index (κ2) is 6.13. The summed E-state index contributed by atoms with van der Waals surface area (Å²) in [5.41, 5.74) is 0.945. The Kier molecular flexibility index (Phi) is 4.73. The van der Waals surface area contributed by atoms with Gasteiger partial charge in [-0.1, -0.05) is 23.2 Å². The van der Waals surface area contributed by atoms with E-state index in [0.717, 1.165) is 13.0 Å². The van der Waals surface area contributed by atoms with Crippen LogP contribution in [0.1, 0.15) is 22.6 Å². The van der Waals surface area contributed by atoms with Gasteiger partial charge in [-0.2, -0.15) is 0 Å². The third-order valence-corrected chi connectivity index (χ3v) is 4.39. The van der Waals surface area contributed by atoms with Crippen molar-refractivity contribution in [3.63, 3.8) is 0 Å². The van der Waals surface area contributed by atoms with E-state index in [4.69, 9.17) is 23.2 Å². The molecule has 1 aliphatic heterocycles. The van der Waals surface area contributed by atoms with E-state index in [0.29, 0.717) is 17.3 Å². The van der Waals surface area contributed by atoms with Gasteiger partial charge in [-0.05, 0) is 19.9 Å². The molecule has 0 aromatic carbocycles. The Hall–Kier alpha value is -0.750. The maximum absolute atomic E-state index is 12.2. The predicted molar refractivity (Wildman–Crippen MR) is 74.9 cm³/mol. The number of aliphatic hydroxyl groups is 1. The first-order valence-electron chi connectivity index (χ1n) is 6.20. The number of rotatable bonds is 3. The Morgan fingerprint density at radius 3 is 2.79 bits per heavy atom. The number of aryl methyl sites for hydroxylation is 1. The lowest BCUT2D eigenvalue weighted by Gasteiger charge is -2.31. The molecule has 1 aromatic rings. The number of nitrogens with one attached hydrogen (secondary N) is 3. The molecule has 1 aliphatic rings. The molecule has 0 bridgehead atoms. The molecule has 0 radical (unpaired) electrons. The van der Waals surface area contributed by atoms with Crippen molar-refractivity contribution in [2.45, 2.75) is 19.4 Å². The second-order valence-corrected chi connectivity index (χ2v) is 5.52. The van der Waals surface area contributed by atoms with E-state index in [1.54, 1.807) is 6.92 Å². The number of aliphatic hydroxyl groups excluding tert-OH is 1. The molecule has 2 heterocycles. The zero-order chi connectivity index (χ0) is 14.0. The fourth-order valence-corrected chi connectivity index (χ4v) is 2.69. The molecule has 2 rings (SSSR count). The van der Waals surface area contributed by atoms with Crippen molar-refractivity contribution < 1.29 is 9.90 Å². The number of carbonyl (C=O) groups is 1. The smallest absolute Gasteiger partial charge is 0.269 e. The standard InChI is InChI=1S/C12H17Cl2N3O2/c1-6-9(13)10(14)11(16-6)12(19)17-8-2-3-15-4-7(8)5-18/h7-8,15-16,18H,2-5H2,1H3,(H,17,19)/t7-,8-/m1/s1. The Labute approximate surface area is 121 Å². The first kappa shape index (κ1) is 14.7. The van der Waals surface area contributed by atoms with Gasteiger partial charge in [0, 0.05) is 30.8 Å². The van der Waals surface area contributed by atoms with E-state index in [-0.39, 0.29) is 35.2 Å². The molecule has 5 nitrogen and oxygen atoms in total. The fourth-order valence-electron chi connectivity index (χ4n) is 2.27. The third kappa shape index (κ3) is 3.05. The quantitative estimate of drug-likeness (QED) is 0.680. The summed E-state index contributed by atoms with van der Waals surface area (Å²) in [6.45, 7) is 3.31. The van der Waals surface area contributed by atoms with Crippen LogP contribution in [0.3, 0.4) is 0 Å². The summed E-state index contributed by atoms with van der Waals surface area (Å²) < 4.78 is 0. The van der Waals surface area contributed by atoms with E-state index >= 15 is 0 Å². The zero-order valence-corrected chi connectivity index (χ0v) is 12.1. The van der Waals surface area contributed by atoms with Gasteiger partial charge in [0.1, 0.15) is 5.69 Å². The Morgan fingerprint density at radius 1 is 1.47 bits per heavy atom. The van der Waals surface area contributed by atoms with Gasteiger partial charge in [0.25, 0.3) is 5.91 Å². The van der Waals surface area contributed by atoms with E-state index in [1.165, 1.54) is 0 Å². The molecule has 0 saturated carbocycles. The van der Waals surface area contributed by atoms with Gasteiger partial charge in [-0.15, -0.1) is 0 Å². The van der Waals surface area contributed by atoms with Gasteiger partial charge in [0.05, 0.1) is 10.0 Å². The van der Waals surface area contributed by atoms with Crippen LogP contribution in [0.4, 0.5) is 0 Å². The zero-order valence-electron chi connectivity index (χ0n) is 10.6. The summed E-state index contributed by atoms with van der Waals surface area (Å²) in [5, 5.41) is 16.0. The van der Waals surface area contributed by atoms with Crippen LogP contribution in [-0.4, -0.2) is 41.7 Å². The summed E-state index contributed by atoms with van der Waals surface area (Å²) in [7, 11) is 0. The molecular formula is C12H17Cl2N3O2. The van der Waals surface area contributed by atoms with Crippen LogP contribution >= 0.6 is 23.2 Å². The van der Waals surface area contributed by atoms with E-state index < -0.39 is 0 Å². The van der Waals surface area contributed by atoms with Crippen LogP contribution < -0.4 is 10.6 Å². The molecule has 2 atom stereocenters. The highest BCUT2D eigenvalue weighted by Gasteiger charge is 2.27. The molecule has 1 aromatic heterocycles. The number of halogens is 2. The molecule has 106 valence electrons. The van der Waals surface area contributed by atoms with Gasteiger partial charge in [0.2, 0.25) is 0 Å². The van der Waals surface area contributed by atoms with E-state index in [2.05, 4.69) is 15.6 Å². The van der Waals surface area contributed by atoms with Crippen molar-refractivity contribution >= 4 is 29.1 Å². The number of aromatic amines is 1. The van der Waals surface area contributed by atoms with Gasteiger partial charge in [0.15, 0.2) is 0 Å². The molecule has 7 heteroatoms. The molecule has 1 fully saturated rings. The lowest BCUT2D eigenvalue weighted by atomic mass is 9.94. The lowest BCUT2D eigenvalue weighted by molar-refractivity contribution is 0.0879. The van der Waals surface area contributed by atoms with Gasteiger partial charge in [-0.25, -0.2) is 0 Å². The topological polar surface area (TPSA) is 77.2 Å². The highest BCUT2D eigenvalue weighted by atomic mass is 35.5. The normalized spacial score (nSPS) is 23.4. The summed E-state index contributed by atoms with van der Waals surface area (Å²) in [4.78, 5) is 15.1. The molecular weight excluding hydrogens is 289 g/mol. The van der Waals surface area contributed by atoms with Crippen LogP contribution in [-0.2, 0) is 0 Å². The van der Waals surface area contributed by atoms with Crippen molar-refractivity contribution in [3.05, 3.63) is 21.4 Å². The summed E-state index contributed by atoms with van der Waals surface area (Å²) in [6, 6.07) is -0.0581. The first-order valence-corrected chi connectivity index (χ1v) is 6.96. The maximum Gasteiger partial charge on any atom is 0.269 e. The Bertz CT molecular complexity index is 476. The van der Waals surface area contributed by atoms with Crippen molar-refractivity contribution in [1.82, 2.24) is 15.6 Å². The monoisotopic (exact) mass is 305 g/mol. The van der Waals surface area contributed by atoms with Crippen LogP contribution in [0.2, 0.25) is 10.0 Å². The minimum atomic E-state index is -0.287. The van der Waals surface area contributed by atoms with Crippen LogP contribution in [0.25, 0.3) is 0 Å². The number of piperidine rings is 1. The maximum atomic E-state index is 12.2. The largest absolute Gasteiger partial charge is 0.396 e. The minimum absolute atomic E-state index is 0.0167. The highest BCUT2D eigenvalue weighted by molar-refractivity contribution is 6.44. The number of aromatic nitrogens is 1. The average Bonchev–Trinajstić information content (AvgIpc) is 2.67. The van der Waals surface area contributed by atoms with Crippen LogP contribution in [0.5, 0.6) is 0 Å². The van der Waals surface area contributed by atoms with Crippen molar-refractivity contribution in [1.29, 1.82) is 0 Å². The summed E-state index contributed by atoms with van der Waals surface area (Å²) >= 11 is 12.0. The fraction of sp³-hybridized carbons (Fsp3) is 0.583. The van der Waals surface area contributed by atoms with Gasteiger partial charge < -0.3 is 20.7 Å². The van der Waals surface area contributed by atoms with Crippen molar-refractivity contribution in [2.75, 3.05) is 19.7 Å². The van der Waals surface area contributed by atoms with Crippen LogP contribution in [0.15, 0.2) is 0 Å². The minimum Gasteiger partial charge on any atom is -0.396 e. The lowest BCUT2D eigenvalue weighted by Crippen LogP contribution is -2.50. The predicted octanol–water partition coefficient (Wildman–Crippen LogP) is 1.33. The third-order valence-electron chi connectivity index (χ3n) is 3.44. The average molecular weight is 306 g/mol. The number of H-pyrrole nitrogens is 1. The van der Waals surface area contributed by atoms with E-state index in [9.17, 15) is 9.90 Å².